The monoisotopic (exact) mass is 333 g/mol. The summed E-state index contributed by atoms with van der Waals surface area (Å²) in [6.45, 7) is 17.3. The van der Waals surface area contributed by atoms with Crippen molar-refractivity contribution >= 4 is 0 Å². The van der Waals surface area contributed by atoms with Crippen molar-refractivity contribution in [3.63, 3.8) is 0 Å². The van der Waals surface area contributed by atoms with E-state index < -0.39 is 0 Å². The third-order valence-electron chi connectivity index (χ3n) is 7.66. The third kappa shape index (κ3) is 5.01. The van der Waals surface area contributed by atoms with E-state index in [2.05, 4.69) is 54.9 Å². The van der Waals surface area contributed by atoms with Crippen LogP contribution in [0.4, 0.5) is 0 Å². The summed E-state index contributed by atoms with van der Waals surface area (Å²) in [7, 11) is 0. The van der Waals surface area contributed by atoms with Crippen molar-refractivity contribution < 1.29 is 0 Å². The first kappa shape index (κ1) is 20.3. The van der Waals surface area contributed by atoms with Gasteiger partial charge in [0.2, 0.25) is 0 Å². The Morgan fingerprint density at radius 3 is 1.83 bits per heavy atom. The summed E-state index contributed by atoms with van der Waals surface area (Å²) >= 11 is 0. The predicted octanol–water partition coefficient (Wildman–Crippen LogP) is 7.63. The summed E-state index contributed by atoms with van der Waals surface area (Å²) in [5, 5.41) is 0. The minimum Gasteiger partial charge on any atom is -0.0651 e. The fourth-order valence-corrected chi connectivity index (χ4v) is 6.16. The quantitative estimate of drug-likeness (QED) is 0.468. The Labute approximate surface area is 153 Å². The number of hydrogen-bond acceptors (Lipinski definition) is 0. The van der Waals surface area contributed by atoms with Gasteiger partial charge in [-0.15, -0.1) is 0 Å². The van der Waals surface area contributed by atoms with Crippen LogP contribution in [0.2, 0.25) is 0 Å². The Morgan fingerprint density at radius 1 is 0.750 bits per heavy atom. The second kappa shape index (κ2) is 9.09. The van der Waals surface area contributed by atoms with Crippen LogP contribution in [0.5, 0.6) is 0 Å². The molecule has 2 aliphatic rings. The van der Waals surface area contributed by atoms with Crippen LogP contribution in [-0.4, -0.2) is 0 Å². The topological polar surface area (TPSA) is 0 Å². The average Bonchev–Trinajstić information content (AvgIpc) is 2.51. The minimum atomic E-state index is 0.849. The molecule has 2 fully saturated rings. The second-order valence-electron chi connectivity index (χ2n) is 10.2. The van der Waals surface area contributed by atoms with Crippen molar-refractivity contribution in [1.82, 2.24) is 0 Å². The molecular formula is C24H45. The van der Waals surface area contributed by atoms with Gasteiger partial charge < -0.3 is 0 Å². The summed E-state index contributed by atoms with van der Waals surface area (Å²) in [5.41, 5.74) is 0. The van der Waals surface area contributed by atoms with Crippen molar-refractivity contribution in [1.29, 1.82) is 0 Å². The molecule has 141 valence electrons. The van der Waals surface area contributed by atoms with Crippen LogP contribution in [0.1, 0.15) is 93.4 Å². The van der Waals surface area contributed by atoms with Crippen molar-refractivity contribution in [3.05, 3.63) is 6.42 Å². The predicted molar refractivity (Wildman–Crippen MR) is 108 cm³/mol. The highest BCUT2D eigenvalue weighted by Crippen LogP contribution is 2.47. The van der Waals surface area contributed by atoms with Gasteiger partial charge in [0.15, 0.2) is 0 Å². The average molecular weight is 334 g/mol. The second-order valence-corrected chi connectivity index (χ2v) is 10.2. The van der Waals surface area contributed by atoms with Gasteiger partial charge in [-0.25, -0.2) is 0 Å². The molecule has 0 amide bonds. The lowest BCUT2D eigenvalue weighted by atomic mass is 9.60. The first-order valence-electron chi connectivity index (χ1n) is 11.2. The van der Waals surface area contributed by atoms with Crippen LogP contribution >= 0.6 is 0 Å². The smallest absolute Gasteiger partial charge is 0.0318 e. The van der Waals surface area contributed by atoms with Gasteiger partial charge in [-0.3, -0.25) is 0 Å². The molecule has 2 aliphatic carbocycles. The molecule has 0 aliphatic heterocycles. The summed E-state index contributed by atoms with van der Waals surface area (Å²) in [4.78, 5) is 0. The molecule has 1 radical (unpaired) electrons. The lowest BCUT2D eigenvalue weighted by molar-refractivity contribution is 0.0824. The van der Waals surface area contributed by atoms with Crippen LogP contribution < -0.4 is 0 Å². The van der Waals surface area contributed by atoms with Gasteiger partial charge in [0.05, 0.1) is 0 Å². The molecule has 0 saturated heterocycles. The Kier molecular flexibility index (Phi) is 7.69. The molecule has 0 heteroatoms. The Morgan fingerprint density at radius 2 is 1.29 bits per heavy atom. The van der Waals surface area contributed by atoms with Gasteiger partial charge in [0.25, 0.3) is 0 Å². The molecule has 0 nitrogen and oxygen atoms in total. The third-order valence-corrected chi connectivity index (χ3v) is 7.66. The van der Waals surface area contributed by atoms with E-state index in [1.54, 1.807) is 0 Å². The minimum absolute atomic E-state index is 0.849. The maximum atomic E-state index is 2.89. The molecule has 0 heterocycles. The van der Waals surface area contributed by atoms with E-state index in [0.29, 0.717) is 0 Å². The van der Waals surface area contributed by atoms with Gasteiger partial charge in [0.1, 0.15) is 0 Å². The molecule has 0 N–H and O–H groups in total. The van der Waals surface area contributed by atoms with Crippen LogP contribution in [-0.2, 0) is 0 Å². The number of rotatable bonds is 6. The first-order valence-corrected chi connectivity index (χ1v) is 11.2. The van der Waals surface area contributed by atoms with E-state index in [4.69, 9.17) is 0 Å². The summed E-state index contributed by atoms with van der Waals surface area (Å²) in [5.74, 6) is 8.17. The zero-order valence-electron chi connectivity index (χ0n) is 17.7. The Bertz CT molecular complexity index is 355. The molecule has 2 rings (SSSR count). The fraction of sp³-hybridized carbons (Fsp3) is 0.958. The molecule has 0 bridgehead atoms. The van der Waals surface area contributed by atoms with E-state index in [1.165, 1.54) is 44.9 Å². The van der Waals surface area contributed by atoms with E-state index in [9.17, 15) is 0 Å². The van der Waals surface area contributed by atoms with Gasteiger partial charge in [-0.1, -0.05) is 67.7 Å². The van der Waals surface area contributed by atoms with Gasteiger partial charge in [0, 0.05) is 0 Å². The molecule has 2 saturated carbocycles. The largest absolute Gasteiger partial charge is 0.0651 e. The summed E-state index contributed by atoms with van der Waals surface area (Å²) in [6.07, 6.45) is 13.0. The van der Waals surface area contributed by atoms with Crippen LogP contribution in [0.25, 0.3) is 0 Å². The maximum Gasteiger partial charge on any atom is -0.0318 e. The lowest BCUT2D eigenvalue weighted by Crippen LogP contribution is -2.36. The molecule has 7 atom stereocenters. The molecule has 0 spiro atoms. The molecular weight excluding hydrogens is 288 g/mol. The zero-order valence-corrected chi connectivity index (χ0v) is 17.7. The fourth-order valence-electron chi connectivity index (χ4n) is 6.16. The van der Waals surface area contributed by atoms with Gasteiger partial charge in [-0.2, -0.15) is 0 Å². The van der Waals surface area contributed by atoms with E-state index in [1.807, 2.05) is 0 Å². The molecule has 0 aromatic carbocycles. The Balaban J connectivity index is 2.10. The molecule has 24 heavy (non-hydrogen) atoms. The van der Waals surface area contributed by atoms with Crippen LogP contribution in [0, 0.1) is 59.7 Å². The van der Waals surface area contributed by atoms with E-state index >= 15 is 0 Å². The zero-order chi connectivity index (χ0) is 17.9. The first-order chi connectivity index (χ1) is 11.3. The van der Waals surface area contributed by atoms with Crippen molar-refractivity contribution in [2.24, 2.45) is 53.3 Å². The standard InChI is InChI=1S/C24H45/c1-8-20(24-14-19(7)10-12-23(24)17(4)5)15-21-13-18(6)9-11-22(21)16(2)3/h15-24H,8-14H2,1-7H3. The summed E-state index contributed by atoms with van der Waals surface area (Å²) < 4.78 is 0. The highest BCUT2D eigenvalue weighted by Gasteiger charge is 2.38. The normalized spacial score (nSPS) is 39.4. The van der Waals surface area contributed by atoms with E-state index in [-0.39, 0.29) is 0 Å². The van der Waals surface area contributed by atoms with Gasteiger partial charge >= 0.3 is 0 Å². The highest BCUT2D eigenvalue weighted by atomic mass is 14.4. The van der Waals surface area contributed by atoms with Crippen LogP contribution in [0.15, 0.2) is 0 Å². The Hall–Kier alpha value is 0. The van der Waals surface area contributed by atoms with E-state index in [0.717, 1.165) is 53.3 Å². The lowest BCUT2D eigenvalue weighted by Gasteiger charge is -2.45. The van der Waals surface area contributed by atoms with Gasteiger partial charge in [-0.05, 0) is 85.4 Å². The SMILES string of the molecule is CCC([CH]C1CC(C)CCC1C(C)C)C1CC(C)CCC1C(C)C. The highest BCUT2D eigenvalue weighted by molar-refractivity contribution is 4.97. The van der Waals surface area contributed by atoms with Crippen molar-refractivity contribution in [2.75, 3.05) is 0 Å². The number of hydrogen-bond donors (Lipinski definition) is 0. The maximum absolute atomic E-state index is 2.89. The van der Waals surface area contributed by atoms with Crippen molar-refractivity contribution in [2.45, 2.75) is 93.4 Å². The molecule has 0 aromatic heterocycles. The van der Waals surface area contributed by atoms with Crippen molar-refractivity contribution in [3.8, 4) is 0 Å². The summed E-state index contributed by atoms with van der Waals surface area (Å²) in [6, 6.07) is 0. The van der Waals surface area contributed by atoms with Crippen LogP contribution in [0.3, 0.4) is 0 Å². The molecule has 0 aromatic rings. The molecule has 7 unspecified atom stereocenters.